The quantitative estimate of drug-likeness (QED) is 0.860. The number of nitrogens with zero attached hydrogens (tertiary/aromatic N) is 3. The van der Waals surface area contributed by atoms with Gasteiger partial charge in [-0.05, 0) is 19.1 Å². The van der Waals surface area contributed by atoms with E-state index in [1.807, 2.05) is 30.5 Å². The van der Waals surface area contributed by atoms with Crippen molar-refractivity contribution < 1.29 is 9.53 Å². The predicted octanol–water partition coefficient (Wildman–Crippen LogP) is 1.58. The van der Waals surface area contributed by atoms with Crippen molar-refractivity contribution in [3.8, 4) is 0 Å². The van der Waals surface area contributed by atoms with Crippen LogP contribution < -0.4 is 5.32 Å². The molecule has 3 rings (SSSR count). The first-order valence-corrected chi connectivity index (χ1v) is 9.01. The van der Waals surface area contributed by atoms with Gasteiger partial charge in [0, 0.05) is 31.2 Å². The van der Waals surface area contributed by atoms with Crippen molar-refractivity contribution in [1.82, 2.24) is 20.2 Å². The zero-order valence-corrected chi connectivity index (χ0v) is 14.6. The van der Waals surface area contributed by atoms with Crippen LogP contribution in [0.25, 0.3) is 0 Å². The molecule has 1 aliphatic rings. The molecule has 1 amide bonds. The van der Waals surface area contributed by atoms with Crippen LogP contribution in [0.2, 0.25) is 0 Å². The van der Waals surface area contributed by atoms with Crippen molar-refractivity contribution in [3.63, 3.8) is 0 Å². The second-order valence-electron chi connectivity index (χ2n) is 5.76. The number of ether oxygens (including phenoxy) is 1. The molecule has 1 saturated heterocycles. The summed E-state index contributed by atoms with van der Waals surface area (Å²) >= 11 is 1.57. The largest absolute Gasteiger partial charge is 0.379 e. The first-order valence-electron chi connectivity index (χ1n) is 8.13. The van der Waals surface area contributed by atoms with E-state index in [0.717, 1.165) is 42.7 Å². The van der Waals surface area contributed by atoms with Gasteiger partial charge in [-0.1, -0.05) is 6.07 Å². The van der Waals surface area contributed by atoms with Crippen LogP contribution in [0, 0.1) is 6.92 Å². The highest BCUT2D eigenvalue weighted by Gasteiger charge is 2.24. The molecule has 0 radical (unpaired) electrons. The normalized spacial score (nSPS) is 16.7. The summed E-state index contributed by atoms with van der Waals surface area (Å²) in [6, 6.07) is 5.96. The van der Waals surface area contributed by atoms with Crippen LogP contribution in [-0.4, -0.2) is 53.6 Å². The second kappa shape index (κ2) is 8.32. The van der Waals surface area contributed by atoms with E-state index in [2.05, 4.69) is 20.2 Å². The first kappa shape index (κ1) is 17.0. The van der Waals surface area contributed by atoms with Crippen molar-refractivity contribution >= 4 is 17.2 Å². The van der Waals surface area contributed by atoms with E-state index in [-0.39, 0.29) is 11.9 Å². The summed E-state index contributed by atoms with van der Waals surface area (Å²) in [5.41, 5.74) is 1.81. The van der Waals surface area contributed by atoms with Crippen molar-refractivity contribution in [1.29, 1.82) is 0 Å². The molecule has 1 fully saturated rings. The molecule has 0 aromatic carbocycles. The average Bonchev–Trinajstić information content (AvgIpc) is 3.02. The third kappa shape index (κ3) is 4.59. The summed E-state index contributed by atoms with van der Waals surface area (Å²) in [7, 11) is 0. The Morgan fingerprint density at radius 1 is 1.42 bits per heavy atom. The fourth-order valence-corrected chi connectivity index (χ4v) is 3.42. The third-order valence-electron chi connectivity index (χ3n) is 4.02. The Morgan fingerprint density at radius 2 is 2.25 bits per heavy atom. The smallest absolute Gasteiger partial charge is 0.226 e. The number of hydrogen-bond donors (Lipinski definition) is 1. The van der Waals surface area contributed by atoms with Gasteiger partial charge in [-0.25, -0.2) is 4.98 Å². The molecule has 1 aliphatic heterocycles. The molecular weight excluding hydrogens is 324 g/mol. The minimum atomic E-state index is -0.00510. The van der Waals surface area contributed by atoms with Crippen LogP contribution in [-0.2, 0) is 16.0 Å². The van der Waals surface area contributed by atoms with E-state index in [9.17, 15) is 4.79 Å². The summed E-state index contributed by atoms with van der Waals surface area (Å²) in [6.45, 7) is 5.62. The van der Waals surface area contributed by atoms with Crippen LogP contribution in [0.15, 0.2) is 29.8 Å². The van der Waals surface area contributed by atoms with Crippen LogP contribution in [0.4, 0.5) is 0 Å². The van der Waals surface area contributed by atoms with Crippen LogP contribution in [0.1, 0.15) is 22.4 Å². The van der Waals surface area contributed by atoms with E-state index in [1.54, 1.807) is 17.5 Å². The molecule has 0 spiro atoms. The Labute approximate surface area is 145 Å². The maximum Gasteiger partial charge on any atom is 0.226 e. The maximum absolute atomic E-state index is 12.2. The average molecular weight is 346 g/mol. The number of hydrogen-bond acceptors (Lipinski definition) is 6. The third-order valence-corrected chi connectivity index (χ3v) is 4.84. The minimum Gasteiger partial charge on any atom is -0.379 e. The Balaban J connectivity index is 1.62. The van der Waals surface area contributed by atoms with Gasteiger partial charge in [0.1, 0.15) is 0 Å². The Kier molecular flexibility index (Phi) is 5.90. The molecule has 1 unspecified atom stereocenters. The molecule has 7 heteroatoms. The number of rotatable bonds is 6. The molecule has 2 aromatic heterocycles. The lowest BCUT2D eigenvalue weighted by atomic mass is 10.1. The maximum atomic E-state index is 12.2. The highest BCUT2D eigenvalue weighted by molar-refractivity contribution is 7.09. The van der Waals surface area contributed by atoms with Gasteiger partial charge >= 0.3 is 0 Å². The zero-order chi connectivity index (χ0) is 16.8. The lowest BCUT2D eigenvalue weighted by molar-refractivity contribution is -0.120. The van der Waals surface area contributed by atoms with Crippen LogP contribution >= 0.6 is 11.3 Å². The van der Waals surface area contributed by atoms with E-state index >= 15 is 0 Å². The van der Waals surface area contributed by atoms with Crippen LogP contribution in [0.3, 0.4) is 0 Å². The number of morpholine rings is 1. The molecule has 3 heterocycles. The van der Waals surface area contributed by atoms with Gasteiger partial charge in [-0.3, -0.25) is 14.7 Å². The molecular formula is C17H22N4O2S. The molecule has 24 heavy (non-hydrogen) atoms. The van der Waals surface area contributed by atoms with E-state index in [0.29, 0.717) is 13.0 Å². The summed E-state index contributed by atoms with van der Waals surface area (Å²) in [5.74, 6) is -0.00510. The lowest BCUT2D eigenvalue weighted by Gasteiger charge is -2.34. The van der Waals surface area contributed by atoms with Crippen molar-refractivity contribution in [2.45, 2.75) is 19.4 Å². The highest BCUT2D eigenvalue weighted by atomic mass is 32.1. The fraction of sp³-hybridized carbons (Fsp3) is 0.471. The number of aryl methyl sites for hydroxylation is 1. The Bertz CT molecular complexity index is 656. The van der Waals surface area contributed by atoms with Crippen LogP contribution in [0.5, 0.6) is 0 Å². The SMILES string of the molecule is Cc1nc(CC(=O)NCC(c2ccccn2)N2CCOCC2)cs1. The van der Waals surface area contributed by atoms with Crippen molar-refractivity contribution in [2.75, 3.05) is 32.8 Å². The topological polar surface area (TPSA) is 67.4 Å². The number of carbonyl (C=O) groups is 1. The summed E-state index contributed by atoms with van der Waals surface area (Å²) in [6.07, 6.45) is 2.12. The Hall–Kier alpha value is -1.83. The zero-order valence-electron chi connectivity index (χ0n) is 13.8. The number of carbonyl (C=O) groups excluding carboxylic acids is 1. The van der Waals surface area contributed by atoms with Gasteiger partial charge in [-0.15, -0.1) is 11.3 Å². The van der Waals surface area contributed by atoms with Gasteiger partial charge in [0.25, 0.3) is 0 Å². The molecule has 0 bridgehead atoms. The van der Waals surface area contributed by atoms with Crippen molar-refractivity contribution in [2.24, 2.45) is 0 Å². The highest BCUT2D eigenvalue weighted by Crippen LogP contribution is 2.19. The van der Waals surface area contributed by atoms with Crippen molar-refractivity contribution in [3.05, 3.63) is 46.2 Å². The van der Waals surface area contributed by atoms with E-state index in [4.69, 9.17) is 4.74 Å². The standard InChI is InChI=1S/C17H22N4O2S/c1-13-20-14(12-24-13)10-17(22)19-11-16(15-4-2-3-5-18-15)21-6-8-23-9-7-21/h2-5,12,16H,6-11H2,1H3,(H,19,22). The number of nitrogens with one attached hydrogen (secondary N) is 1. The lowest BCUT2D eigenvalue weighted by Crippen LogP contribution is -2.44. The van der Waals surface area contributed by atoms with E-state index < -0.39 is 0 Å². The predicted molar refractivity (Wildman–Crippen MR) is 92.9 cm³/mol. The van der Waals surface area contributed by atoms with Gasteiger partial charge in [-0.2, -0.15) is 0 Å². The molecule has 1 N–H and O–H groups in total. The van der Waals surface area contributed by atoms with Gasteiger partial charge < -0.3 is 10.1 Å². The summed E-state index contributed by atoms with van der Waals surface area (Å²) < 4.78 is 5.44. The molecule has 128 valence electrons. The number of pyridine rings is 1. The summed E-state index contributed by atoms with van der Waals surface area (Å²) in [4.78, 5) is 23.4. The number of aromatic nitrogens is 2. The van der Waals surface area contributed by atoms with E-state index in [1.165, 1.54) is 0 Å². The summed E-state index contributed by atoms with van der Waals surface area (Å²) in [5, 5.41) is 5.96. The Morgan fingerprint density at radius 3 is 2.92 bits per heavy atom. The molecule has 2 aromatic rings. The second-order valence-corrected chi connectivity index (χ2v) is 6.82. The number of amides is 1. The monoisotopic (exact) mass is 346 g/mol. The fourth-order valence-electron chi connectivity index (χ4n) is 2.81. The molecule has 1 atom stereocenters. The minimum absolute atomic E-state index is 0.00510. The number of thiazole rings is 1. The first-order chi connectivity index (χ1) is 11.7. The van der Waals surface area contributed by atoms with Gasteiger partial charge in [0.15, 0.2) is 0 Å². The molecule has 0 saturated carbocycles. The van der Waals surface area contributed by atoms with Gasteiger partial charge in [0.05, 0.1) is 42.1 Å². The molecule has 0 aliphatic carbocycles. The van der Waals surface area contributed by atoms with Gasteiger partial charge in [0.2, 0.25) is 5.91 Å². The molecule has 6 nitrogen and oxygen atoms in total.